The van der Waals surface area contributed by atoms with Crippen LogP contribution in [0, 0.1) is 0 Å². The average molecular weight is 384 g/mol. The topological polar surface area (TPSA) is 63.6 Å². The third-order valence-corrected chi connectivity index (χ3v) is 4.86. The Morgan fingerprint density at radius 2 is 1.79 bits per heavy atom. The van der Waals surface area contributed by atoms with Crippen LogP contribution < -0.4 is 5.32 Å². The molecule has 1 N–H and O–H groups in total. The molecule has 0 aliphatic heterocycles. The molecule has 4 aromatic heterocycles. The molecule has 0 saturated heterocycles. The van der Waals surface area contributed by atoms with Crippen LogP contribution in [0.5, 0.6) is 0 Å². The second-order valence-corrected chi connectivity index (χ2v) is 6.69. The van der Waals surface area contributed by atoms with Gasteiger partial charge in [0.05, 0.1) is 16.9 Å². The first kappa shape index (κ1) is 16.6. The van der Waals surface area contributed by atoms with Crippen molar-refractivity contribution in [3.05, 3.63) is 84.4 Å². The molecular formula is C22H14ClN5. The molecule has 0 unspecified atom stereocenters. The molecule has 0 spiro atoms. The predicted octanol–water partition coefficient (Wildman–Crippen LogP) is 5.64. The van der Waals surface area contributed by atoms with Crippen LogP contribution in [0.15, 0.2) is 79.4 Å². The van der Waals surface area contributed by atoms with Crippen molar-refractivity contribution in [1.29, 1.82) is 0 Å². The minimum atomic E-state index is 0.651. The summed E-state index contributed by atoms with van der Waals surface area (Å²) in [7, 11) is 0. The molecule has 134 valence electrons. The highest BCUT2D eigenvalue weighted by Gasteiger charge is 2.12. The smallest absolute Gasteiger partial charge is 0.138 e. The van der Waals surface area contributed by atoms with Crippen LogP contribution >= 0.6 is 11.6 Å². The number of anilines is 2. The minimum absolute atomic E-state index is 0.651. The molecular weight excluding hydrogens is 370 g/mol. The largest absolute Gasteiger partial charge is 0.338 e. The molecule has 5 rings (SSSR count). The van der Waals surface area contributed by atoms with E-state index in [4.69, 9.17) is 16.6 Å². The van der Waals surface area contributed by atoms with Crippen molar-refractivity contribution in [2.24, 2.45) is 0 Å². The summed E-state index contributed by atoms with van der Waals surface area (Å²) < 4.78 is 0. The molecule has 0 saturated carbocycles. The molecule has 0 bridgehead atoms. The van der Waals surface area contributed by atoms with Gasteiger partial charge in [-0.2, -0.15) is 0 Å². The molecule has 0 atom stereocenters. The lowest BCUT2D eigenvalue weighted by atomic mass is 10.1. The molecule has 0 radical (unpaired) electrons. The number of benzene rings is 1. The summed E-state index contributed by atoms with van der Waals surface area (Å²) in [6.07, 6.45) is 7.09. The molecule has 4 heterocycles. The van der Waals surface area contributed by atoms with Gasteiger partial charge in [-0.15, -0.1) is 0 Å². The number of hydrogen-bond donors (Lipinski definition) is 1. The van der Waals surface area contributed by atoms with E-state index in [0.29, 0.717) is 5.02 Å². The predicted molar refractivity (Wildman–Crippen MR) is 113 cm³/mol. The highest BCUT2D eigenvalue weighted by Crippen LogP contribution is 2.33. The van der Waals surface area contributed by atoms with Gasteiger partial charge in [0.15, 0.2) is 0 Å². The molecule has 0 fully saturated rings. The molecule has 28 heavy (non-hydrogen) atoms. The molecule has 0 amide bonds. The first-order valence-electron chi connectivity index (χ1n) is 8.76. The summed E-state index contributed by atoms with van der Waals surface area (Å²) in [6, 6.07) is 17.3. The van der Waals surface area contributed by atoms with Crippen LogP contribution in [0.2, 0.25) is 5.02 Å². The van der Waals surface area contributed by atoms with Crippen molar-refractivity contribution < 1.29 is 0 Å². The van der Waals surface area contributed by atoms with Gasteiger partial charge >= 0.3 is 0 Å². The Morgan fingerprint density at radius 3 is 2.71 bits per heavy atom. The number of hydrogen-bond acceptors (Lipinski definition) is 5. The van der Waals surface area contributed by atoms with Gasteiger partial charge in [-0.05, 0) is 36.4 Å². The highest BCUT2D eigenvalue weighted by atomic mass is 35.5. The van der Waals surface area contributed by atoms with E-state index in [2.05, 4.69) is 20.3 Å². The summed E-state index contributed by atoms with van der Waals surface area (Å²) in [5.41, 5.74) is 4.01. The van der Waals surface area contributed by atoms with Gasteiger partial charge in [0.1, 0.15) is 11.3 Å². The van der Waals surface area contributed by atoms with E-state index >= 15 is 0 Å². The molecule has 0 aliphatic rings. The van der Waals surface area contributed by atoms with Crippen LogP contribution in [-0.4, -0.2) is 19.9 Å². The highest BCUT2D eigenvalue weighted by molar-refractivity contribution is 6.33. The third-order valence-electron chi connectivity index (χ3n) is 4.53. The number of rotatable bonds is 3. The second-order valence-electron chi connectivity index (χ2n) is 6.29. The summed E-state index contributed by atoms with van der Waals surface area (Å²) in [5, 5.41) is 6.08. The van der Waals surface area contributed by atoms with Gasteiger partial charge in [0.2, 0.25) is 0 Å². The van der Waals surface area contributed by atoms with Crippen molar-refractivity contribution in [1.82, 2.24) is 19.9 Å². The first-order chi connectivity index (χ1) is 13.8. The zero-order valence-electron chi connectivity index (χ0n) is 14.7. The van der Waals surface area contributed by atoms with Crippen molar-refractivity contribution in [3.8, 4) is 11.3 Å². The molecule has 5 aromatic rings. The van der Waals surface area contributed by atoms with Gasteiger partial charge in [0.25, 0.3) is 0 Å². The maximum absolute atomic E-state index is 6.41. The van der Waals surface area contributed by atoms with E-state index in [1.807, 2.05) is 60.8 Å². The maximum atomic E-state index is 6.41. The molecule has 0 aliphatic carbocycles. The van der Waals surface area contributed by atoms with Crippen molar-refractivity contribution >= 4 is 44.9 Å². The van der Waals surface area contributed by atoms with Crippen molar-refractivity contribution in [3.63, 3.8) is 0 Å². The van der Waals surface area contributed by atoms with Crippen LogP contribution in [0.3, 0.4) is 0 Å². The SMILES string of the molecule is Clc1ccccc1-c1cc(Nc2nccc3cnccc23)c2ncccc2n1. The Balaban J connectivity index is 1.71. The normalized spacial score (nSPS) is 11.0. The summed E-state index contributed by atoms with van der Waals surface area (Å²) in [4.78, 5) is 18.0. The zero-order valence-corrected chi connectivity index (χ0v) is 15.4. The minimum Gasteiger partial charge on any atom is -0.338 e. The van der Waals surface area contributed by atoms with Crippen LogP contribution in [-0.2, 0) is 0 Å². The number of halogens is 1. The van der Waals surface area contributed by atoms with E-state index < -0.39 is 0 Å². The van der Waals surface area contributed by atoms with E-state index in [0.717, 1.165) is 44.6 Å². The standard InChI is InChI=1S/C22H14ClN5/c23-17-5-2-1-4-16(17)19-12-20(21-18(27-19)6-3-9-25-21)28-22-15-8-10-24-13-14(15)7-11-26-22/h1-13H,(H,26,27,28). The van der Waals surface area contributed by atoms with Crippen LogP contribution in [0.25, 0.3) is 33.1 Å². The monoisotopic (exact) mass is 383 g/mol. The zero-order chi connectivity index (χ0) is 18.9. The van der Waals surface area contributed by atoms with Gasteiger partial charge in [-0.1, -0.05) is 29.8 Å². The van der Waals surface area contributed by atoms with Crippen LogP contribution in [0.4, 0.5) is 11.5 Å². The summed E-state index contributed by atoms with van der Waals surface area (Å²) in [5.74, 6) is 0.739. The number of nitrogens with zero attached hydrogens (tertiary/aromatic N) is 4. The van der Waals surface area contributed by atoms with E-state index in [-0.39, 0.29) is 0 Å². The fourth-order valence-corrected chi connectivity index (χ4v) is 3.44. The maximum Gasteiger partial charge on any atom is 0.138 e. The first-order valence-corrected chi connectivity index (χ1v) is 9.14. The van der Waals surface area contributed by atoms with Gasteiger partial charge in [0, 0.05) is 46.1 Å². The summed E-state index contributed by atoms with van der Waals surface area (Å²) in [6.45, 7) is 0. The van der Waals surface area contributed by atoms with Gasteiger partial charge in [-0.3, -0.25) is 9.97 Å². The lowest BCUT2D eigenvalue weighted by molar-refractivity contribution is 1.29. The van der Waals surface area contributed by atoms with Crippen molar-refractivity contribution in [2.75, 3.05) is 5.32 Å². The Kier molecular flexibility index (Phi) is 4.07. The Hall–Kier alpha value is -3.57. The Morgan fingerprint density at radius 1 is 0.857 bits per heavy atom. The van der Waals surface area contributed by atoms with Crippen LogP contribution in [0.1, 0.15) is 0 Å². The second kappa shape index (κ2) is 6.87. The number of nitrogens with one attached hydrogen (secondary N) is 1. The number of fused-ring (bicyclic) bond motifs is 2. The lowest BCUT2D eigenvalue weighted by Gasteiger charge is -2.13. The number of aromatic nitrogens is 4. The van der Waals surface area contributed by atoms with E-state index in [9.17, 15) is 0 Å². The van der Waals surface area contributed by atoms with Gasteiger partial charge in [-0.25, -0.2) is 9.97 Å². The fraction of sp³-hybridized carbons (Fsp3) is 0. The third kappa shape index (κ3) is 2.92. The van der Waals surface area contributed by atoms with E-state index in [1.54, 1.807) is 18.6 Å². The average Bonchev–Trinajstić information content (AvgIpc) is 2.74. The molecule has 5 nitrogen and oxygen atoms in total. The Bertz CT molecular complexity index is 1310. The lowest BCUT2D eigenvalue weighted by Crippen LogP contribution is -1.99. The van der Waals surface area contributed by atoms with Gasteiger partial charge < -0.3 is 5.32 Å². The fourth-order valence-electron chi connectivity index (χ4n) is 3.21. The molecule has 6 heteroatoms. The Labute approximate surface area is 166 Å². The molecule has 1 aromatic carbocycles. The van der Waals surface area contributed by atoms with E-state index in [1.165, 1.54) is 0 Å². The summed E-state index contributed by atoms with van der Waals surface area (Å²) >= 11 is 6.41. The van der Waals surface area contributed by atoms with Crippen molar-refractivity contribution in [2.45, 2.75) is 0 Å². The quantitative estimate of drug-likeness (QED) is 0.437. The number of pyridine rings is 4.